The van der Waals surface area contributed by atoms with E-state index in [9.17, 15) is 14.4 Å². The molecule has 120 valence electrons. The molecule has 2 fully saturated rings. The highest BCUT2D eigenvalue weighted by atomic mass is 16.2. The van der Waals surface area contributed by atoms with Crippen molar-refractivity contribution in [2.45, 2.75) is 38.1 Å². The lowest BCUT2D eigenvalue weighted by atomic mass is 10.0. The largest absolute Gasteiger partial charge is 0.352 e. The summed E-state index contributed by atoms with van der Waals surface area (Å²) in [5.41, 5.74) is 2.17. The van der Waals surface area contributed by atoms with Crippen molar-refractivity contribution in [1.82, 2.24) is 10.2 Å². The van der Waals surface area contributed by atoms with Crippen LogP contribution in [0.4, 0.5) is 0 Å². The van der Waals surface area contributed by atoms with Crippen LogP contribution in [0.2, 0.25) is 0 Å². The standard InChI is InChI=1S/C18H20N2O3/c21-16-7-6-13-14(16)2-1-3-15(13)18(23)19-9-11-8-17(22)20(10-11)12-4-5-12/h1-3,11-12H,4-10H2,(H,19,23)/t11-/m0/s1. The fraction of sp³-hybridized carbons (Fsp3) is 0.500. The molecule has 5 heteroatoms. The van der Waals surface area contributed by atoms with Crippen LogP contribution < -0.4 is 5.32 Å². The van der Waals surface area contributed by atoms with E-state index in [2.05, 4.69) is 5.32 Å². The number of carbonyl (C=O) groups is 3. The predicted molar refractivity (Wildman–Crippen MR) is 84.3 cm³/mol. The lowest BCUT2D eigenvalue weighted by Crippen LogP contribution is -2.32. The van der Waals surface area contributed by atoms with Crippen LogP contribution >= 0.6 is 0 Å². The molecule has 0 spiro atoms. The molecular weight excluding hydrogens is 292 g/mol. The Morgan fingerprint density at radius 2 is 2.04 bits per heavy atom. The van der Waals surface area contributed by atoms with Gasteiger partial charge in [-0.05, 0) is 30.9 Å². The van der Waals surface area contributed by atoms with Crippen LogP contribution in [0.1, 0.15) is 52.0 Å². The topological polar surface area (TPSA) is 66.5 Å². The Morgan fingerprint density at radius 1 is 1.22 bits per heavy atom. The second-order valence-electron chi connectivity index (χ2n) is 6.81. The average Bonchev–Trinajstić information content (AvgIpc) is 3.23. The SMILES string of the molecule is O=C1CCc2c1cccc2C(=O)NC[C@@H]1CC(=O)N(C2CC2)C1. The average molecular weight is 312 g/mol. The number of nitrogens with one attached hydrogen (secondary N) is 1. The number of likely N-dealkylation sites (tertiary alicyclic amines) is 1. The van der Waals surface area contributed by atoms with Gasteiger partial charge in [0.1, 0.15) is 0 Å². The van der Waals surface area contributed by atoms with Gasteiger partial charge in [-0.3, -0.25) is 14.4 Å². The normalized spacial score (nSPS) is 23.3. The molecule has 0 radical (unpaired) electrons. The molecule has 1 N–H and O–H groups in total. The van der Waals surface area contributed by atoms with Crippen LogP contribution in [0.3, 0.4) is 0 Å². The predicted octanol–water partition coefficient (Wildman–Crippen LogP) is 1.56. The van der Waals surface area contributed by atoms with Crippen molar-refractivity contribution in [2.24, 2.45) is 5.92 Å². The Bertz CT molecular complexity index is 694. The minimum Gasteiger partial charge on any atom is -0.352 e. The molecule has 0 unspecified atom stereocenters. The van der Waals surface area contributed by atoms with E-state index >= 15 is 0 Å². The van der Waals surface area contributed by atoms with Crippen molar-refractivity contribution in [3.63, 3.8) is 0 Å². The second-order valence-corrected chi connectivity index (χ2v) is 6.81. The first-order valence-corrected chi connectivity index (χ1v) is 8.36. The lowest BCUT2D eigenvalue weighted by Gasteiger charge is -2.16. The summed E-state index contributed by atoms with van der Waals surface area (Å²) in [6.45, 7) is 1.28. The Hall–Kier alpha value is -2.17. The molecule has 1 atom stereocenters. The van der Waals surface area contributed by atoms with E-state index in [1.165, 1.54) is 0 Å². The fourth-order valence-electron chi connectivity index (χ4n) is 3.72. The summed E-state index contributed by atoms with van der Waals surface area (Å²) < 4.78 is 0. The molecule has 4 rings (SSSR count). The second kappa shape index (κ2) is 5.48. The third-order valence-electron chi connectivity index (χ3n) is 5.10. The molecule has 3 aliphatic rings. The zero-order valence-corrected chi connectivity index (χ0v) is 13.0. The molecule has 0 bridgehead atoms. The summed E-state index contributed by atoms with van der Waals surface area (Å²) in [5.74, 6) is 0.411. The van der Waals surface area contributed by atoms with E-state index in [0.717, 1.165) is 24.9 Å². The van der Waals surface area contributed by atoms with Gasteiger partial charge < -0.3 is 10.2 Å². The van der Waals surface area contributed by atoms with Crippen molar-refractivity contribution in [2.75, 3.05) is 13.1 Å². The van der Waals surface area contributed by atoms with Crippen LogP contribution in [-0.4, -0.2) is 41.6 Å². The molecule has 1 aliphatic heterocycles. The Balaban J connectivity index is 1.40. The van der Waals surface area contributed by atoms with Gasteiger partial charge in [0.05, 0.1) is 0 Å². The maximum atomic E-state index is 12.5. The van der Waals surface area contributed by atoms with Crippen molar-refractivity contribution >= 4 is 17.6 Å². The first-order valence-electron chi connectivity index (χ1n) is 8.36. The first-order chi connectivity index (χ1) is 11.1. The highest BCUT2D eigenvalue weighted by Gasteiger charge is 2.39. The molecule has 1 aromatic carbocycles. The molecule has 0 aromatic heterocycles. The van der Waals surface area contributed by atoms with Crippen LogP contribution in [-0.2, 0) is 11.2 Å². The van der Waals surface area contributed by atoms with Gasteiger partial charge in [-0.2, -0.15) is 0 Å². The number of ketones is 1. The van der Waals surface area contributed by atoms with Crippen molar-refractivity contribution < 1.29 is 14.4 Å². The van der Waals surface area contributed by atoms with Crippen molar-refractivity contribution in [1.29, 1.82) is 0 Å². The van der Waals surface area contributed by atoms with Crippen molar-refractivity contribution in [3.05, 3.63) is 34.9 Å². The summed E-state index contributed by atoms with van der Waals surface area (Å²) in [6.07, 6.45) is 3.91. The molecule has 1 aromatic rings. The molecular formula is C18H20N2O3. The van der Waals surface area contributed by atoms with Gasteiger partial charge in [-0.1, -0.05) is 12.1 Å². The number of hydrogen-bond acceptors (Lipinski definition) is 3. The third-order valence-corrected chi connectivity index (χ3v) is 5.10. The maximum absolute atomic E-state index is 12.5. The smallest absolute Gasteiger partial charge is 0.251 e. The summed E-state index contributed by atoms with van der Waals surface area (Å²) in [4.78, 5) is 38.1. The van der Waals surface area contributed by atoms with E-state index in [1.807, 2.05) is 4.90 Å². The van der Waals surface area contributed by atoms with Crippen LogP contribution in [0.25, 0.3) is 0 Å². The van der Waals surface area contributed by atoms with E-state index in [1.54, 1.807) is 18.2 Å². The maximum Gasteiger partial charge on any atom is 0.251 e. The number of hydrogen-bond donors (Lipinski definition) is 1. The Morgan fingerprint density at radius 3 is 2.83 bits per heavy atom. The van der Waals surface area contributed by atoms with Gasteiger partial charge in [0.15, 0.2) is 5.78 Å². The minimum atomic E-state index is -0.131. The highest BCUT2D eigenvalue weighted by molar-refractivity contribution is 6.05. The summed E-state index contributed by atoms with van der Waals surface area (Å²) in [6, 6.07) is 5.80. The van der Waals surface area contributed by atoms with Crippen LogP contribution in [0, 0.1) is 5.92 Å². The molecule has 2 amide bonds. The fourth-order valence-corrected chi connectivity index (χ4v) is 3.72. The monoisotopic (exact) mass is 312 g/mol. The summed E-state index contributed by atoms with van der Waals surface area (Å²) in [7, 11) is 0. The molecule has 5 nitrogen and oxygen atoms in total. The zero-order chi connectivity index (χ0) is 16.0. The first kappa shape index (κ1) is 14.4. The van der Waals surface area contributed by atoms with E-state index in [-0.39, 0.29) is 23.5 Å². The van der Waals surface area contributed by atoms with E-state index in [0.29, 0.717) is 43.0 Å². The highest BCUT2D eigenvalue weighted by Crippen LogP contribution is 2.32. The van der Waals surface area contributed by atoms with Gasteiger partial charge in [0.2, 0.25) is 5.91 Å². The van der Waals surface area contributed by atoms with Gasteiger partial charge in [0.25, 0.3) is 5.91 Å². The van der Waals surface area contributed by atoms with Gasteiger partial charge in [-0.25, -0.2) is 0 Å². The van der Waals surface area contributed by atoms with Crippen LogP contribution in [0.5, 0.6) is 0 Å². The van der Waals surface area contributed by atoms with E-state index < -0.39 is 0 Å². The lowest BCUT2D eigenvalue weighted by molar-refractivity contribution is -0.128. The zero-order valence-electron chi connectivity index (χ0n) is 13.0. The van der Waals surface area contributed by atoms with Crippen LogP contribution in [0.15, 0.2) is 18.2 Å². The third kappa shape index (κ3) is 2.64. The van der Waals surface area contributed by atoms with Gasteiger partial charge in [-0.15, -0.1) is 0 Å². The quantitative estimate of drug-likeness (QED) is 0.917. The number of benzene rings is 1. The number of Topliss-reactive ketones (excluding diaryl/α,β-unsaturated/α-hetero) is 1. The number of carbonyl (C=O) groups excluding carboxylic acids is 3. The van der Waals surface area contributed by atoms with Gasteiger partial charge >= 0.3 is 0 Å². The van der Waals surface area contributed by atoms with Crippen molar-refractivity contribution in [3.8, 4) is 0 Å². The summed E-state index contributed by atoms with van der Waals surface area (Å²) >= 11 is 0. The number of rotatable bonds is 4. The number of nitrogens with zero attached hydrogens (tertiary/aromatic N) is 1. The Labute approximate surface area is 135 Å². The molecule has 1 saturated heterocycles. The molecule has 1 heterocycles. The minimum absolute atomic E-state index is 0.121. The molecule has 2 aliphatic carbocycles. The number of fused-ring (bicyclic) bond motifs is 1. The number of amides is 2. The Kier molecular flexibility index (Phi) is 3.43. The van der Waals surface area contributed by atoms with E-state index in [4.69, 9.17) is 0 Å². The van der Waals surface area contributed by atoms with Gasteiger partial charge in [0, 0.05) is 49.0 Å². The molecule has 1 saturated carbocycles. The summed E-state index contributed by atoms with van der Waals surface area (Å²) in [5, 5.41) is 2.96. The molecule has 23 heavy (non-hydrogen) atoms.